The number of nitrogens with one attached hydrogen (secondary N) is 1. The highest BCUT2D eigenvalue weighted by Gasteiger charge is 2.19. The number of halogens is 4. The largest absolute Gasteiger partial charge is 0.369 e. The van der Waals surface area contributed by atoms with Crippen molar-refractivity contribution in [2.75, 3.05) is 24.5 Å². The van der Waals surface area contributed by atoms with Crippen LogP contribution in [-0.2, 0) is 0 Å². The maximum Gasteiger partial charge on any atom is 0.194 e. The van der Waals surface area contributed by atoms with Gasteiger partial charge in [0.1, 0.15) is 0 Å². The monoisotopic (exact) mass is 266 g/mol. The van der Waals surface area contributed by atoms with Gasteiger partial charge in [-0.15, -0.1) is 12.4 Å². The van der Waals surface area contributed by atoms with Crippen molar-refractivity contribution in [2.24, 2.45) is 0 Å². The van der Waals surface area contributed by atoms with Crippen molar-refractivity contribution in [1.82, 2.24) is 5.32 Å². The number of benzene rings is 1. The molecule has 2 nitrogen and oxygen atoms in total. The van der Waals surface area contributed by atoms with Crippen LogP contribution >= 0.6 is 12.4 Å². The van der Waals surface area contributed by atoms with Crippen molar-refractivity contribution in [3.05, 3.63) is 29.6 Å². The maximum absolute atomic E-state index is 13.0. The van der Waals surface area contributed by atoms with Gasteiger partial charge in [0, 0.05) is 43.5 Å². The summed E-state index contributed by atoms with van der Waals surface area (Å²) in [5.74, 6) is -3.69. The Bertz CT molecular complexity index is 377. The minimum absolute atomic E-state index is 0. The first kappa shape index (κ1) is 14.1. The molecule has 0 spiro atoms. The Hall–Kier alpha value is -0.940. The van der Waals surface area contributed by atoms with Gasteiger partial charge in [0.2, 0.25) is 0 Å². The lowest BCUT2D eigenvalue weighted by molar-refractivity contribution is 0.443. The van der Waals surface area contributed by atoms with Crippen LogP contribution in [0.25, 0.3) is 0 Å². The Morgan fingerprint density at radius 2 is 1.82 bits per heavy atom. The molecule has 2 rings (SSSR count). The summed E-state index contributed by atoms with van der Waals surface area (Å²) < 4.78 is 38.8. The second kappa shape index (κ2) is 5.60. The van der Waals surface area contributed by atoms with Crippen LogP contribution in [0.2, 0.25) is 0 Å². The third-order valence-electron chi connectivity index (χ3n) is 2.70. The molecule has 6 heteroatoms. The highest BCUT2D eigenvalue weighted by Crippen LogP contribution is 2.21. The Balaban J connectivity index is 0.00000144. The average molecular weight is 267 g/mol. The molecule has 1 aromatic carbocycles. The van der Waals surface area contributed by atoms with E-state index >= 15 is 0 Å². The van der Waals surface area contributed by atoms with E-state index in [1.54, 1.807) is 0 Å². The van der Waals surface area contributed by atoms with E-state index in [2.05, 4.69) is 5.32 Å². The van der Waals surface area contributed by atoms with E-state index in [0.29, 0.717) is 18.8 Å². The zero-order valence-corrected chi connectivity index (χ0v) is 10.2. The fourth-order valence-corrected chi connectivity index (χ4v) is 1.89. The Morgan fingerprint density at radius 1 is 1.24 bits per heavy atom. The molecule has 1 saturated heterocycles. The summed E-state index contributed by atoms with van der Waals surface area (Å²) in [7, 11) is 0. The molecule has 0 saturated carbocycles. The van der Waals surface area contributed by atoms with Gasteiger partial charge >= 0.3 is 0 Å². The summed E-state index contributed by atoms with van der Waals surface area (Å²) in [5.41, 5.74) is 0.393. The molecule has 1 heterocycles. The molecule has 1 unspecified atom stereocenters. The van der Waals surface area contributed by atoms with Gasteiger partial charge in [0.05, 0.1) is 0 Å². The van der Waals surface area contributed by atoms with Crippen molar-refractivity contribution in [3.63, 3.8) is 0 Å². The molecule has 96 valence electrons. The average Bonchev–Trinajstić information content (AvgIpc) is 2.25. The van der Waals surface area contributed by atoms with E-state index in [1.165, 1.54) is 0 Å². The molecule has 1 aliphatic rings. The van der Waals surface area contributed by atoms with Crippen LogP contribution in [0.4, 0.5) is 18.9 Å². The summed E-state index contributed by atoms with van der Waals surface area (Å²) in [4.78, 5) is 1.84. The quantitative estimate of drug-likeness (QED) is 0.785. The molecule has 1 aliphatic heterocycles. The van der Waals surface area contributed by atoms with Gasteiger partial charge in [-0.05, 0) is 6.92 Å². The number of rotatable bonds is 1. The predicted octanol–water partition coefficient (Wildman–Crippen LogP) is 2.32. The van der Waals surface area contributed by atoms with Gasteiger partial charge in [-0.2, -0.15) is 0 Å². The predicted molar refractivity (Wildman–Crippen MR) is 63.2 cm³/mol. The Morgan fingerprint density at radius 3 is 2.35 bits per heavy atom. The molecule has 0 bridgehead atoms. The smallest absolute Gasteiger partial charge is 0.194 e. The van der Waals surface area contributed by atoms with E-state index in [9.17, 15) is 13.2 Å². The van der Waals surface area contributed by atoms with Gasteiger partial charge in [-0.3, -0.25) is 0 Å². The van der Waals surface area contributed by atoms with E-state index in [4.69, 9.17) is 0 Å². The fourth-order valence-electron chi connectivity index (χ4n) is 1.89. The summed E-state index contributed by atoms with van der Waals surface area (Å²) >= 11 is 0. The number of hydrogen-bond acceptors (Lipinski definition) is 2. The number of nitrogens with zero attached hydrogens (tertiary/aromatic N) is 1. The molecular weight excluding hydrogens is 253 g/mol. The van der Waals surface area contributed by atoms with Crippen LogP contribution in [-0.4, -0.2) is 25.7 Å². The van der Waals surface area contributed by atoms with Crippen LogP contribution in [0.5, 0.6) is 0 Å². The molecule has 0 amide bonds. The number of anilines is 1. The molecule has 0 radical (unpaired) electrons. The maximum atomic E-state index is 13.0. The van der Waals surface area contributed by atoms with Crippen molar-refractivity contribution in [1.29, 1.82) is 0 Å². The molecule has 0 aliphatic carbocycles. The molecule has 1 atom stereocenters. The summed E-state index contributed by atoms with van der Waals surface area (Å²) in [6.45, 7) is 4.06. The molecule has 1 N–H and O–H groups in total. The first-order valence-electron chi connectivity index (χ1n) is 5.21. The van der Waals surface area contributed by atoms with E-state index in [1.807, 2.05) is 11.8 Å². The first-order chi connectivity index (χ1) is 7.58. The van der Waals surface area contributed by atoms with Crippen LogP contribution < -0.4 is 10.2 Å². The Labute approximate surface area is 104 Å². The van der Waals surface area contributed by atoms with Gasteiger partial charge in [0.25, 0.3) is 0 Å². The zero-order chi connectivity index (χ0) is 11.7. The van der Waals surface area contributed by atoms with Crippen LogP contribution in [0.15, 0.2) is 12.1 Å². The van der Waals surface area contributed by atoms with Crippen molar-refractivity contribution >= 4 is 18.1 Å². The zero-order valence-electron chi connectivity index (χ0n) is 9.34. The van der Waals surface area contributed by atoms with Crippen molar-refractivity contribution in [2.45, 2.75) is 13.0 Å². The van der Waals surface area contributed by atoms with Crippen LogP contribution in [0, 0.1) is 17.5 Å². The third kappa shape index (κ3) is 3.04. The first-order valence-corrected chi connectivity index (χ1v) is 5.21. The minimum Gasteiger partial charge on any atom is -0.369 e. The van der Waals surface area contributed by atoms with Gasteiger partial charge in [0.15, 0.2) is 17.5 Å². The lowest BCUT2D eigenvalue weighted by atomic mass is 10.2. The highest BCUT2D eigenvalue weighted by molar-refractivity contribution is 5.85. The summed E-state index contributed by atoms with van der Waals surface area (Å²) in [6, 6.07) is 2.33. The number of piperazine rings is 1. The topological polar surface area (TPSA) is 15.3 Å². The van der Waals surface area contributed by atoms with Crippen LogP contribution in [0.1, 0.15) is 6.92 Å². The third-order valence-corrected chi connectivity index (χ3v) is 2.70. The highest BCUT2D eigenvalue weighted by atomic mass is 35.5. The van der Waals surface area contributed by atoms with Crippen molar-refractivity contribution in [3.8, 4) is 0 Å². The van der Waals surface area contributed by atoms with Crippen LogP contribution in [0.3, 0.4) is 0 Å². The standard InChI is InChI=1S/C11H13F3N2.ClH/c1-7-6-16(3-2-15-7)8-4-9(12)11(14)10(13)5-8;/h4-5,7,15H,2-3,6H2,1H3;1H. The lowest BCUT2D eigenvalue weighted by Crippen LogP contribution is -2.49. The lowest BCUT2D eigenvalue weighted by Gasteiger charge is -2.33. The molecular formula is C11H14ClF3N2. The molecule has 1 fully saturated rings. The molecule has 1 aromatic rings. The normalized spacial score (nSPS) is 20.0. The van der Waals surface area contributed by atoms with Gasteiger partial charge in [-0.25, -0.2) is 13.2 Å². The Kier molecular flexibility index (Phi) is 4.65. The van der Waals surface area contributed by atoms with E-state index < -0.39 is 17.5 Å². The van der Waals surface area contributed by atoms with Gasteiger partial charge < -0.3 is 10.2 Å². The number of hydrogen-bond donors (Lipinski definition) is 1. The van der Waals surface area contributed by atoms with Gasteiger partial charge in [-0.1, -0.05) is 0 Å². The van der Waals surface area contributed by atoms with E-state index in [-0.39, 0.29) is 18.4 Å². The minimum atomic E-state index is -1.41. The second-order valence-electron chi connectivity index (χ2n) is 4.02. The van der Waals surface area contributed by atoms with Crippen molar-refractivity contribution < 1.29 is 13.2 Å². The molecule has 17 heavy (non-hydrogen) atoms. The second-order valence-corrected chi connectivity index (χ2v) is 4.02. The van der Waals surface area contributed by atoms with E-state index in [0.717, 1.165) is 18.7 Å². The summed E-state index contributed by atoms with van der Waals surface area (Å²) in [5, 5.41) is 3.22. The summed E-state index contributed by atoms with van der Waals surface area (Å²) in [6.07, 6.45) is 0. The molecule has 0 aromatic heterocycles. The fraction of sp³-hybridized carbons (Fsp3) is 0.455. The SMILES string of the molecule is CC1CN(c2cc(F)c(F)c(F)c2)CCN1.Cl.